The fourth-order valence-corrected chi connectivity index (χ4v) is 2.80. The van der Waals surface area contributed by atoms with Crippen LogP contribution in [0.4, 0.5) is 4.39 Å². The number of aliphatic hydroxyl groups excluding tert-OH is 1. The summed E-state index contributed by atoms with van der Waals surface area (Å²) in [6.07, 6.45) is 0. The molecule has 0 aliphatic rings. The summed E-state index contributed by atoms with van der Waals surface area (Å²) in [5, 5.41) is 9.87. The van der Waals surface area contributed by atoms with Crippen molar-refractivity contribution in [1.82, 2.24) is 4.98 Å². The van der Waals surface area contributed by atoms with Crippen molar-refractivity contribution < 1.29 is 14.2 Å². The minimum absolute atomic E-state index is 0.213. The van der Waals surface area contributed by atoms with Crippen molar-refractivity contribution in [2.45, 2.75) is 13.2 Å². The van der Waals surface area contributed by atoms with Gasteiger partial charge in [0.1, 0.15) is 23.2 Å². The van der Waals surface area contributed by atoms with Crippen molar-refractivity contribution in [3.8, 4) is 5.75 Å². The molecule has 1 heterocycles. The van der Waals surface area contributed by atoms with E-state index in [4.69, 9.17) is 9.84 Å². The standard InChI is InChI=1S/C15H12FNO2S/c16-11-5-10(8-18)6-12(7-11)19-9-15-17-13-3-1-2-4-14(13)20-15/h1-7,18H,8-9H2. The second-order valence-corrected chi connectivity index (χ2v) is 5.43. The Labute approximate surface area is 119 Å². The first kappa shape index (κ1) is 13.0. The third kappa shape index (κ3) is 2.79. The summed E-state index contributed by atoms with van der Waals surface area (Å²) in [6, 6.07) is 12.1. The van der Waals surface area contributed by atoms with Crippen LogP contribution in [-0.2, 0) is 13.2 Å². The molecular weight excluding hydrogens is 277 g/mol. The maximum absolute atomic E-state index is 13.3. The number of ether oxygens (including phenoxy) is 1. The third-order valence-corrected chi connectivity index (χ3v) is 3.82. The maximum atomic E-state index is 13.3. The van der Waals surface area contributed by atoms with Crippen LogP contribution < -0.4 is 4.74 Å². The van der Waals surface area contributed by atoms with Gasteiger partial charge in [0.15, 0.2) is 0 Å². The van der Waals surface area contributed by atoms with Gasteiger partial charge in [-0.05, 0) is 29.8 Å². The van der Waals surface area contributed by atoms with Crippen molar-refractivity contribution in [3.05, 3.63) is 58.9 Å². The van der Waals surface area contributed by atoms with Crippen LogP contribution in [0, 0.1) is 5.82 Å². The lowest BCUT2D eigenvalue weighted by atomic mass is 10.2. The van der Waals surface area contributed by atoms with Crippen LogP contribution in [0.3, 0.4) is 0 Å². The quantitative estimate of drug-likeness (QED) is 0.799. The average molecular weight is 289 g/mol. The Balaban J connectivity index is 1.77. The molecule has 0 saturated carbocycles. The molecule has 3 nitrogen and oxygen atoms in total. The van der Waals surface area contributed by atoms with Crippen LogP contribution in [0.1, 0.15) is 10.6 Å². The molecule has 3 aromatic rings. The molecule has 0 amide bonds. The zero-order chi connectivity index (χ0) is 13.9. The Hall–Kier alpha value is -1.98. The van der Waals surface area contributed by atoms with Crippen LogP contribution in [0.2, 0.25) is 0 Å². The highest BCUT2D eigenvalue weighted by Crippen LogP contribution is 2.23. The largest absolute Gasteiger partial charge is 0.486 e. The molecule has 0 radical (unpaired) electrons. The van der Waals surface area contributed by atoms with Gasteiger partial charge >= 0.3 is 0 Å². The molecule has 0 aliphatic heterocycles. The summed E-state index contributed by atoms with van der Waals surface area (Å²) in [7, 11) is 0. The number of fused-ring (bicyclic) bond motifs is 1. The first-order chi connectivity index (χ1) is 9.74. The molecule has 5 heteroatoms. The molecule has 102 valence electrons. The summed E-state index contributed by atoms with van der Waals surface area (Å²) in [5.74, 6) is -0.0239. The lowest BCUT2D eigenvalue weighted by Crippen LogP contribution is -1.96. The molecule has 0 atom stereocenters. The molecule has 0 unspecified atom stereocenters. The zero-order valence-electron chi connectivity index (χ0n) is 10.5. The molecule has 20 heavy (non-hydrogen) atoms. The Morgan fingerprint density at radius 2 is 2.05 bits per heavy atom. The first-order valence-corrected chi connectivity index (χ1v) is 6.94. The fourth-order valence-electron chi connectivity index (χ4n) is 1.92. The van der Waals surface area contributed by atoms with Gasteiger partial charge in [-0.15, -0.1) is 11.3 Å². The number of hydrogen-bond acceptors (Lipinski definition) is 4. The van der Waals surface area contributed by atoms with Gasteiger partial charge in [-0.3, -0.25) is 0 Å². The molecule has 0 bridgehead atoms. The van der Waals surface area contributed by atoms with E-state index in [-0.39, 0.29) is 13.2 Å². The number of aliphatic hydroxyl groups is 1. The lowest BCUT2D eigenvalue weighted by Gasteiger charge is -2.06. The molecule has 0 spiro atoms. The first-order valence-electron chi connectivity index (χ1n) is 6.12. The van der Waals surface area contributed by atoms with E-state index in [1.54, 1.807) is 17.4 Å². The van der Waals surface area contributed by atoms with Gasteiger partial charge in [-0.2, -0.15) is 0 Å². The maximum Gasteiger partial charge on any atom is 0.140 e. The highest BCUT2D eigenvalue weighted by atomic mass is 32.1. The van der Waals surface area contributed by atoms with Crippen LogP contribution in [0.15, 0.2) is 42.5 Å². The van der Waals surface area contributed by atoms with Crippen molar-refractivity contribution in [2.24, 2.45) is 0 Å². The van der Waals surface area contributed by atoms with E-state index >= 15 is 0 Å². The van der Waals surface area contributed by atoms with Crippen LogP contribution >= 0.6 is 11.3 Å². The van der Waals surface area contributed by atoms with Gasteiger partial charge in [-0.1, -0.05) is 12.1 Å². The number of halogens is 1. The van der Waals surface area contributed by atoms with Crippen LogP contribution in [0.25, 0.3) is 10.2 Å². The SMILES string of the molecule is OCc1cc(F)cc(OCc2nc3ccccc3s2)c1. The number of benzene rings is 2. The van der Waals surface area contributed by atoms with Crippen molar-refractivity contribution in [2.75, 3.05) is 0 Å². The Morgan fingerprint density at radius 1 is 1.20 bits per heavy atom. The number of thiazole rings is 1. The molecule has 2 aromatic carbocycles. The minimum Gasteiger partial charge on any atom is -0.486 e. The normalized spacial score (nSPS) is 10.9. The van der Waals surface area contributed by atoms with Gasteiger partial charge in [-0.25, -0.2) is 9.37 Å². The van der Waals surface area contributed by atoms with E-state index in [0.29, 0.717) is 11.3 Å². The van der Waals surface area contributed by atoms with Crippen molar-refractivity contribution in [1.29, 1.82) is 0 Å². The van der Waals surface area contributed by atoms with E-state index in [1.807, 2.05) is 24.3 Å². The number of aromatic nitrogens is 1. The van der Waals surface area contributed by atoms with E-state index in [2.05, 4.69) is 4.98 Å². The van der Waals surface area contributed by atoms with Gasteiger partial charge < -0.3 is 9.84 Å². The molecule has 0 fully saturated rings. The number of hydrogen-bond donors (Lipinski definition) is 1. The Bertz CT molecular complexity index is 709. The molecule has 1 N–H and O–H groups in total. The second-order valence-electron chi connectivity index (χ2n) is 4.32. The summed E-state index contributed by atoms with van der Waals surface area (Å²) in [5.41, 5.74) is 1.43. The van der Waals surface area contributed by atoms with Gasteiger partial charge in [0.25, 0.3) is 0 Å². The molecule has 0 saturated heterocycles. The smallest absolute Gasteiger partial charge is 0.140 e. The zero-order valence-corrected chi connectivity index (χ0v) is 11.4. The predicted molar refractivity (Wildman–Crippen MR) is 76.3 cm³/mol. The number of rotatable bonds is 4. The minimum atomic E-state index is -0.421. The molecule has 0 aliphatic carbocycles. The monoisotopic (exact) mass is 289 g/mol. The highest BCUT2D eigenvalue weighted by Gasteiger charge is 2.06. The topological polar surface area (TPSA) is 42.4 Å². The fraction of sp³-hybridized carbons (Fsp3) is 0.133. The molecule has 1 aromatic heterocycles. The van der Waals surface area contributed by atoms with Crippen LogP contribution in [0.5, 0.6) is 5.75 Å². The number of para-hydroxylation sites is 1. The van der Waals surface area contributed by atoms with Crippen molar-refractivity contribution in [3.63, 3.8) is 0 Å². The van der Waals surface area contributed by atoms with E-state index < -0.39 is 5.82 Å². The highest BCUT2D eigenvalue weighted by molar-refractivity contribution is 7.18. The van der Waals surface area contributed by atoms with E-state index in [0.717, 1.165) is 15.2 Å². The Morgan fingerprint density at radius 3 is 2.85 bits per heavy atom. The van der Waals surface area contributed by atoms with Gasteiger partial charge in [0.2, 0.25) is 0 Å². The average Bonchev–Trinajstić information content (AvgIpc) is 2.87. The summed E-state index contributed by atoms with van der Waals surface area (Å²) in [6.45, 7) is 0.0723. The summed E-state index contributed by atoms with van der Waals surface area (Å²) < 4.78 is 19.9. The summed E-state index contributed by atoms with van der Waals surface area (Å²) in [4.78, 5) is 4.44. The summed E-state index contributed by atoms with van der Waals surface area (Å²) >= 11 is 1.55. The van der Waals surface area contributed by atoms with E-state index in [9.17, 15) is 4.39 Å². The second kappa shape index (κ2) is 5.56. The van der Waals surface area contributed by atoms with E-state index in [1.165, 1.54) is 12.1 Å². The molecule has 3 rings (SSSR count). The van der Waals surface area contributed by atoms with Crippen LogP contribution in [-0.4, -0.2) is 10.1 Å². The van der Waals surface area contributed by atoms with Gasteiger partial charge in [0, 0.05) is 6.07 Å². The lowest BCUT2D eigenvalue weighted by molar-refractivity contribution is 0.276. The predicted octanol–water partition coefficient (Wildman–Crippen LogP) is 3.51. The van der Waals surface area contributed by atoms with Crippen molar-refractivity contribution >= 4 is 21.6 Å². The third-order valence-electron chi connectivity index (χ3n) is 2.81. The number of nitrogens with zero attached hydrogens (tertiary/aromatic N) is 1. The van der Waals surface area contributed by atoms with Gasteiger partial charge in [0.05, 0.1) is 16.8 Å². The molecular formula is C15H12FNO2S. The Kier molecular flexibility index (Phi) is 3.62.